The van der Waals surface area contributed by atoms with Gasteiger partial charge in [-0.05, 0) is 48.4 Å². The molecular weight excluding hydrogens is 509 g/mol. The van der Waals surface area contributed by atoms with Crippen molar-refractivity contribution in [2.75, 3.05) is 47.6 Å². The van der Waals surface area contributed by atoms with Crippen molar-refractivity contribution < 1.29 is 17.9 Å². The summed E-state index contributed by atoms with van der Waals surface area (Å²) in [5.41, 5.74) is 0.856. The van der Waals surface area contributed by atoms with E-state index in [-0.39, 0.29) is 18.5 Å². The molecule has 0 spiro atoms. The van der Waals surface area contributed by atoms with Gasteiger partial charge in [0.1, 0.15) is 17.8 Å². The molecule has 2 unspecified atom stereocenters. The van der Waals surface area contributed by atoms with Gasteiger partial charge in [-0.2, -0.15) is 4.98 Å². The zero-order valence-corrected chi connectivity index (χ0v) is 22.8. The zero-order valence-electron chi connectivity index (χ0n) is 22.0. The second kappa shape index (κ2) is 9.90. The topological polar surface area (TPSA) is 124 Å². The number of benzene rings is 1. The number of rotatable bonds is 7. The third-order valence-electron chi connectivity index (χ3n) is 7.26. The molecule has 4 heterocycles. The lowest BCUT2D eigenvalue weighted by Gasteiger charge is -2.41. The van der Waals surface area contributed by atoms with Gasteiger partial charge in [-0.3, -0.25) is 0 Å². The van der Waals surface area contributed by atoms with Crippen molar-refractivity contribution in [3.8, 4) is 0 Å². The van der Waals surface area contributed by atoms with E-state index in [1.165, 1.54) is 18.7 Å². The first-order valence-corrected chi connectivity index (χ1v) is 14.6. The first-order chi connectivity index (χ1) is 17.9. The van der Waals surface area contributed by atoms with Gasteiger partial charge in [-0.25, -0.2) is 27.5 Å². The van der Waals surface area contributed by atoms with Crippen LogP contribution in [0.15, 0.2) is 36.7 Å². The Balaban J connectivity index is 1.38. The molecule has 3 aromatic rings. The van der Waals surface area contributed by atoms with Gasteiger partial charge < -0.3 is 20.2 Å². The number of piperidine rings is 1. The highest BCUT2D eigenvalue weighted by Gasteiger charge is 2.38. The van der Waals surface area contributed by atoms with Crippen LogP contribution in [-0.4, -0.2) is 78.7 Å². The maximum atomic E-state index is 14.4. The lowest BCUT2D eigenvalue weighted by molar-refractivity contribution is -0.0332. The van der Waals surface area contributed by atoms with Crippen molar-refractivity contribution in [2.24, 2.45) is 0 Å². The fourth-order valence-electron chi connectivity index (χ4n) is 5.03. The second-order valence-electron chi connectivity index (χ2n) is 10.8. The van der Waals surface area contributed by atoms with Gasteiger partial charge in [-0.1, -0.05) is 19.9 Å². The van der Waals surface area contributed by atoms with Gasteiger partial charge >= 0.3 is 0 Å². The Hall–Kier alpha value is -3.09. The number of anilines is 4. The third kappa shape index (κ3) is 5.52. The molecule has 3 N–H and O–H groups in total. The summed E-state index contributed by atoms with van der Waals surface area (Å²) in [6.45, 7) is 7.48. The molecule has 0 aliphatic carbocycles. The van der Waals surface area contributed by atoms with Crippen LogP contribution in [0.2, 0.25) is 0 Å². The average Bonchev–Trinajstić information content (AvgIpc) is 2.82. The molecule has 12 heteroatoms. The van der Waals surface area contributed by atoms with Gasteiger partial charge in [0.2, 0.25) is 16.0 Å². The average molecular weight is 544 g/mol. The number of alkyl halides is 1. The number of sulfonamides is 1. The summed E-state index contributed by atoms with van der Waals surface area (Å²) < 4.78 is 40.2. The van der Waals surface area contributed by atoms with Crippen LogP contribution in [0.5, 0.6) is 0 Å². The highest BCUT2D eigenvalue weighted by Crippen LogP contribution is 2.36. The standard InChI is InChI=1S/C26H34FN7O3S/c1-16(2)18-5-6-21(34-13-17(14-34)32-38(4,36)37)20-12-29-24(11-19(18)20)30-23-7-9-28-25(31-23)33-10-8-26(3,35)22(27)15-33/h5-7,9,11-12,16-17,22,32,35H,8,10,13-15H2,1-4H3,(H,28,29,30,31). The number of aromatic nitrogens is 3. The first kappa shape index (κ1) is 26.5. The van der Waals surface area contributed by atoms with E-state index >= 15 is 0 Å². The monoisotopic (exact) mass is 543 g/mol. The van der Waals surface area contributed by atoms with E-state index < -0.39 is 21.8 Å². The number of nitrogens with zero attached hydrogens (tertiary/aromatic N) is 5. The molecule has 2 saturated heterocycles. The lowest BCUT2D eigenvalue weighted by Crippen LogP contribution is -2.59. The zero-order chi connectivity index (χ0) is 27.2. The fourth-order valence-corrected chi connectivity index (χ4v) is 5.78. The van der Waals surface area contributed by atoms with Crippen LogP contribution < -0.4 is 19.8 Å². The van der Waals surface area contributed by atoms with Crippen LogP contribution in [0, 0.1) is 0 Å². The minimum absolute atomic E-state index is 0.0300. The number of pyridine rings is 1. The molecule has 0 radical (unpaired) electrons. The van der Waals surface area contributed by atoms with E-state index in [4.69, 9.17) is 0 Å². The fraction of sp³-hybridized carbons (Fsp3) is 0.500. The molecule has 10 nitrogen and oxygen atoms in total. The Morgan fingerprint density at radius 1 is 1.11 bits per heavy atom. The van der Waals surface area contributed by atoms with Crippen LogP contribution in [0.25, 0.3) is 10.8 Å². The highest BCUT2D eigenvalue weighted by atomic mass is 32.2. The van der Waals surface area contributed by atoms with E-state index in [1.807, 2.05) is 12.3 Å². The Labute approximate surface area is 222 Å². The summed E-state index contributed by atoms with van der Waals surface area (Å²) in [6, 6.07) is 7.82. The van der Waals surface area contributed by atoms with Crippen molar-refractivity contribution >= 4 is 44.1 Å². The van der Waals surface area contributed by atoms with Crippen LogP contribution in [0.3, 0.4) is 0 Å². The molecule has 0 bridgehead atoms. The van der Waals surface area contributed by atoms with Crippen LogP contribution in [0.1, 0.15) is 38.7 Å². The normalized spacial score (nSPS) is 22.7. The Morgan fingerprint density at radius 3 is 2.55 bits per heavy atom. The number of fused-ring (bicyclic) bond motifs is 1. The van der Waals surface area contributed by atoms with Crippen LogP contribution >= 0.6 is 0 Å². The second-order valence-corrected chi connectivity index (χ2v) is 12.6. The molecule has 38 heavy (non-hydrogen) atoms. The Kier molecular flexibility index (Phi) is 6.91. The third-order valence-corrected chi connectivity index (χ3v) is 8.02. The van der Waals surface area contributed by atoms with Crippen molar-refractivity contribution in [1.82, 2.24) is 19.7 Å². The van der Waals surface area contributed by atoms with Gasteiger partial charge in [0.05, 0.1) is 24.4 Å². The van der Waals surface area contributed by atoms with Gasteiger partial charge in [0.15, 0.2) is 0 Å². The van der Waals surface area contributed by atoms with Crippen LogP contribution in [-0.2, 0) is 10.0 Å². The number of nitrogens with one attached hydrogen (secondary N) is 2. The van der Waals surface area contributed by atoms with Gasteiger partial charge in [0.25, 0.3) is 0 Å². The van der Waals surface area contributed by atoms with Crippen LogP contribution in [0.4, 0.5) is 27.7 Å². The van der Waals surface area contributed by atoms with E-state index in [0.717, 1.165) is 16.5 Å². The van der Waals surface area contributed by atoms with Crippen molar-refractivity contribution in [2.45, 2.75) is 50.9 Å². The molecule has 2 aromatic heterocycles. The molecule has 5 rings (SSSR count). The van der Waals surface area contributed by atoms with Gasteiger partial charge in [-0.15, -0.1) is 0 Å². The smallest absolute Gasteiger partial charge is 0.227 e. The van der Waals surface area contributed by atoms with Crippen molar-refractivity contribution in [1.29, 1.82) is 0 Å². The van der Waals surface area contributed by atoms with Crippen molar-refractivity contribution in [3.05, 3.63) is 42.2 Å². The number of hydrogen-bond acceptors (Lipinski definition) is 9. The first-order valence-electron chi connectivity index (χ1n) is 12.8. The van der Waals surface area contributed by atoms with E-state index in [1.54, 1.807) is 17.2 Å². The number of hydrogen-bond donors (Lipinski definition) is 3. The Morgan fingerprint density at radius 2 is 1.87 bits per heavy atom. The lowest BCUT2D eigenvalue weighted by atomic mass is 9.92. The molecule has 2 aliphatic rings. The molecule has 0 amide bonds. The molecule has 2 atom stereocenters. The predicted molar refractivity (Wildman–Crippen MR) is 147 cm³/mol. The summed E-state index contributed by atoms with van der Waals surface area (Å²) in [6.07, 6.45) is 3.54. The highest BCUT2D eigenvalue weighted by molar-refractivity contribution is 7.88. The quantitative estimate of drug-likeness (QED) is 0.413. The largest absolute Gasteiger partial charge is 0.387 e. The molecule has 2 fully saturated rings. The predicted octanol–water partition coefficient (Wildman–Crippen LogP) is 2.93. The number of aliphatic hydroxyl groups is 1. The number of halogens is 1. The summed E-state index contributed by atoms with van der Waals surface area (Å²) in [4.78, 5) is 17.4. The summed E-state index contributed by atoms with van der Waals surface area (Å²) in [5, 5.41) is 15.5. The molecule has 2 aliphatic heterocycles. The minimum Gasteiger partial charge on any atom is -0.387 e. The maximum Gasteiger partial charge on any atom is 0.227 e. The van der Waals surface area contributed by atoms with E-state index in [2.05, 4.69) is 55.9 Å². The van der Waals surface area contributed by atoms with Crippen molar-refractivity contribution in [3.63, 3.8) is 0 Å². The van der Waals surface area contributed by atoms with E-state index in [0.29, 0.717) is 43.6 Å². The SMILES string of the molecule is CC(C)c1ccc(N2CC(NS(C)(=O)=O)C2)c2cnc(Nc3ccnc(N4CCC(C)(O)C(F)C4)n3)cc12. The summed E-state index contributed by atoms with van der Waals surface area (Å²) >= 11 is 0. The molecule has 0 saturated carbocycles. The molecular formula is C26H34FN7O3S. The van der Waals surface area contributed by atoms with E-state index in [9.17, 15) is 17.9 Å². The van der Waals surface area contributed by atoms with Gasteiger partial charge in [0, 0.05) is 43.1 Å². The Bertz CT molecular complexity index is 1440. The minimum atomic E-state index is -3.24. The molecule has 204 valence electrons. The summed E-state index contributed by atoms with van der Waals surface area (Å²) in [5.74, 6) is 1.84. The maximum absolute atomic E-state index is 14.4. The molecule has 1 aromatic carbocycles. The summed E-state index contributed by atoms with van der Waals surface area (Å²) in [7, 11) is -3.24.